The Morgan fingerprint density at radius 1 is 0.655 bits per heavy atom. The average Bonchev–Trinajstić information content (AvgIpc) is 2.88. The molecular weight excluding hydrogens is 602 g/mol. The Hall–Kier alpha value is 0.310. The van der Waals surface area contributed by atoms with Crippen LogP contribution in [0.2, 0.25) is 0 Å². The van der Waals surface area contributed by atoms with E-state index in [1.165, 1.54) is 80.7 Å². The van der Waals surface area contributed by atoms with Gasteiger partial charge in [0.2, 0.25) is 0 Å². The lowest BCUT2D eigenvalue weighted by Crippen LogP contribution is -2.11. The number of fused-ring (bicyclic) bond motifs is 1. The molecule has 0 aliphatic carbocycles. The summed E-state index contributed by atoms with van der Waals surface area (Å²) in [4.78, 5) is 13.3. The highest BCUT2D eigenvalue weighted by molar-refractivity contribution is 14.1. The van der Waals surface area contributed by atoms with E-state index >= 15 is 0 Å². The number of hydrogen-bond acceptors (Lipinski definition) is 2. The molecule has 0 unspecified atom stereocenters. The first kappa shape index (κ1) is 25.6. The second kappa shape index (κ2) is 14.4. The first-order chi connectivity index (χ1) is 14.1. The van der Waals surface area contributed by atoms with Gasteiger partial charge < -0.3 is 0 Å². The minimum Gasteiger partial charge on any atom is -0.289 e. The third-order valence-electron chi connectivity index (χ3n) is 5.71. The van der Waals surface area contributed by atoms with Crippen molar-refractivity contribution in [2.24, 2.45) is 0 Å². The molecule has 0 amide bonds. The molecule has 0 spiro atoms. The fourth-order valence-electron chi connectivity index (χ4n) is 3.92. The lowest BCUT2D eigenvalue weighted by Gasteiger charge is -2.03. The molecule has 0 N–H and O–H groups in total. The second-order valence-corrected chi connectivity index (χ2v) is 12.8. The summed E-state index contributed by atoms with van der Waals surface area (Å²) >= 11 is 6.73. The molecule has 1 nitrogen and oxygen atoms in total. The van der Waals surface area contributed by atoms with E-state index in [0.717, 1.165) is 36.8 Å². The van der Waals surface area contributed by atoms with Gasteiger partial charge in [0.1, 0.15) is 0 Å². The van der Waals surface area contributed by atoms with Crippen LogP contribution in [0.5, 0.6) is 0 Å². The largest absolute Gasteiger partial charge is 0.289 e. The predicted octanol–water partition coefficient (Wildman–Crippen LogP) is 9.28. The quantitative estimate of drug-likeness (QED) is 0.149. The summed E-state index contributed by atoms with van der Waals surface area (Å²) < 4.78 is 2.62. The lowest BCUT2D eigenvalue weighted by molar-refractivity contribution is 0.604. The van der Waals surface area contributed by atoms with Crippen LogP contribution >= 0.6 is 56.5 Å². The molecular formula is C25H36I2OS. The highest BCUT2D eigenvalue weighted by Crippen LogP contribution is 2.33. The van der Waals surface area contributed by atoms with E-state index in [-0.39, 0.29) is 0 Å². The third-order valence-corrected chi connectivity index (χ3v) is 8.99. The molecule has 1 heterocycles. The summed E-state index contributed by atoms with van der Waals surface area (Å²) in [6.07, 6.45) is 17.1. The van der Waals surface area contributed by atoms with Crippen LogP contribution in [0.3, 0.4) is 0 Å². The van der Waals surface area contributed by atoms with Crippen LogP contribution in [0.15, 0.2) is 16.9 Å². The van der Waals surface area contributed by atoms with Gasteiger partial charge in [-0.25, -0.2) is 0 Å². The number of halogens is 2. The van der Waals surface area contributed by atoms with E-state index in [1.807, 2.05) is 11.3 Å². The van der Waals surface area contributed by atoms with Crippen molar-refractivity contribution >= 4 is 67.3 Å². The van der Waals surface area contributed by atoms with Gasteiger partial charge in [-0.15, -0.1) is 11.3 Å². The van der Waals surface area contributed by atoms with Crippen LogP contribution in [0.25, 0.3) is 10.8 Å². The summed E-state index contributed by atoms with van der Waals surface area (Å²) in [5, 5.41) is 2.57. The van der Waals surface area contributed by atoms with Gasteiger partial charge in [-0.1, -0.05) is 78.1 Å². The van der Waals surface area contributed by atoms with Gasteiger partial charge in [-0.2, -0.15) is 0 Å². The van der Waals surface area contributed by atoms with Crippen molar-refractivity contribution in [2.75, 3.05) is 0 Å². The van der Waals surface area contributed by atoms with Crippen molar-refractivity contribution in [1.82, 2.24) is 0 Å². The lowest BCUT2D eigenvalue weighted by atomic mass is 10.0. The number of aryl methyl sites for hydroxylation is 2. The molecule has 0 fully saturated rings. The summed E-state index contributed by atoms with van der Waals surface area (Å²) in [7, 11) is 0. The first-order valence-electron chi connectivity index (χ1n) is 11.5. The third kappa shape index (κ3) is 8.40. The Balaban J connectivity index is 2.15. The zero-order valence-corrected chi connectivity index (χ0v) is 23.3. The smallest absolute Gasteiger partial charge is 0.185 e. The Bertz CT molecular complexity index is 750. The molecule has 0 bridgehead atoms. The maximum Gasteiger partial charge on any atom is 0.185 e. The Morgan fingerprint density at radius 2 is 1.03 bits per heavy atom. The topological polar surface area (TPSA) is 17.1 Å². The normalized spacial score (nSPS) is 11.4. The molecule has 0 aliphatic rings. The maximum atomic E-state index is 13.3. The van der Waals surface area contributed by atoms with E-state index < -0.39 is 0 Å². The molecule has 1 aromatic heterocycles. The minimum absolute atomic E-state index is 0.319. The molecule has 2 rings (SSSR count). The van der Waals surface area contributed by atoms with Crippen molar-refractivity contribution in [1.29, 1.82) is 0 Å². The van der Waals surface area contributed by atoms with Crippen LogP contribution < -0.4 is 5.43 Å². The summed E-state index contributed by atoms with van der Waals surface area (Å²) in [5.41, 5.74) is 2.41. The molecule has 162 valence electrons. The standard InChI is InChI=1S/C25H36I2OS/c1-3-5-7-9-11-13-15-19-17-21-22(25(27)29-24(21)26)18-20(23(19)28)16-14-12-10-8-6-4-2/h17-18H,3-16H2,1-2H3. The van der Waals surface area contributed by atoms with Crippen molar-refractivity contribution in [3.05, 3.63) is 39.3 Å². The number of hydrogen-bond donors (Lipinski definition) is 0. The van der Waals surface area contributed by atoms with E-state index in [1.54, 1.807) is 0 Å². The van der Waals surface area contributed by atoms with E-state index in [0.29, 0.717) is 5.43 Å². The number of rotatable bonds is 14. The minimum atomic E-state index is 0.319. The molecule has 29 heavy (non-hydrogen) atoms. The molecule has 0 saturated carbocycles. The zero-order chi connectivity index (χ0) is 21.1. The molecule has 0 saturated heterocycles. The van der Waals surface area contributed by atoms with Gasteiger partial charge in [0.25, 0.3) is 0 Å². The van der Waals surface area contributed by atoms with E-state index in [9.17, 15) is 4.79 Å². The summed E-state index contributed by atoms with van der Waals surface area (Å²) in [5.74, 6) is 0. The van der Waals surface area contributed by atoms with Crippen LogP contribution in [-0.4, -0.2) is 0 Å². The highest BCUT2D eigenvalue weighted by atomic mass is 127. The molecule has 4 heteroatoms. The van der Waals surface area contributed by atoms with Crippen molar-refractivity contribution in [3.8, 4) is 0 Å². The highest BCUT2D eigenvalue weighted by Gasteiger charge is 2.12. The fraction of sp³-hybridized carbons (Fsp3) is 0.640. The molecule has 0 radical (unpaired) electrons. The maximum absolute atomic E-state index is 13.3. The van der Waals surface area contributed by atoms with Crippen LogP contribution in [0.4, 0.5) is 0 Å². The fourth-order valence-corrected chi connectivity index (χ4v) is 8.11. The van der Waals surface area contributed by atoms with Crippen LogP contribution in [0, 0.1) is 5.77 Å². The Morgan fingerprint density at radius 3 is 1.45 bits per heavy atom. The van der Waals surface area contributed by atoms with Gasteiger partial charge in [0, 0.05) is 21.9 Å². The number of thiophene rings is 1. The Kier molecular flexibility index (Phi) is 12.7. The zero-order valence-electron chi connectivity index (χ0n) is 18.1. The summed E-state index contributed by atoms with van der Waals surface area (Å²) in [6.45, 7) is 4.52. The average molecular weight is 638 g/mol. The monoisotopic (exact) mass is 638 g/mol. The van der Waals surface area contributed by atoms with Crippen LogP contribution in [0.1, 0.15) is 102 Å². The first-order valence-corrected chi connectivity index (χ1v) is 14.5. The van der Waals surface area contributed by atoms with Gasteiger partial charge in [-0.3, -0.25) is 4.79 Å². The molecule has 2 aromatic rings. The predicted molar refractivity (Wildman–Crippen MR) is 148 cm³/mol. The SMILES string of the molecule is CCCCCCCCc1cc2c(I)sc(I)c2cc(CCCCCCCC)c1=O. The molecule has 0 aliphatic heterocycles. The van der Waals surface area contributed by atoms with Crippen molar-refractivity contribution in [2.45, 2.75) is 104 Å². The van der Waals surface area contributed by atoms with E-state index in [2.05, 4.69) is 71.2 Å². The number of unbranched alkanes of at least 4 members (excludes halogenated alkanes) is 10. The van der Waals surface area contributed by atoms with E-state index in [4.69, 9.17) is 0 Å². The van der Waals surface area contributed by atoms with Crippen molar-refractivity contribution < 1.29 is 0 Å². The van der Waals surface area contributed by atoms with Crippen molar-refractivity contribution in [3.63, 3.8) is 0 Å². The Labute approximate surface area is 208 Å². The summed E-state index contributed by atoms with van der Waals surface area (Å²) in [6, 6.07) is 4.43. The van der Waals surface area contributed by atoms with Crippen LogP contribution in [-0.2, 0) is 12.8 Å². The van der Waals surface area contributed by atoms with Gasteiger partial charge in [0.15, 0.2) is 5.43 Å². The van der Waals surface area contributed by atoms with Gasteiger partial charge >= 0.3 is 0 Å². The van der Waals surface area contributed by atoms with Gasteiger partial charge in [-0.05, 0) is 83.0 Å². The molecule has 0 atom stereocenters. The second-order valence-electron chi connectivity index (χ2n) is 8.18. The molecule has 1 aromatic carbocycles. The van der Waals surface area contributed by atoms with Gasteiger partial charge in [0.05, 0.1) is 5.77 Å².